The summed E-state index contributed by atoms with van der Waals surface area (Å²) in [7, 11) is 0. The molecule has 0 amide bonds. The van der Waals surface area contributed by atoms with E-state index in [9.17, 15) is 0 Å². The van der Waals surface area contributed by atoms with Gasteiger partial charge in [0.2, 0.25) is 0 Å². The summed E-state index contributed by atoms with van der Waals surface area (Å²) in [6, 6.07) is 6.29. The molecule has 0 spiro atoms. The van der Waals surface area contributed by atoms with Gasteiger partial charge in [-0.3, -0.25) is 4.68 Å². The maximum absolute atomic E-state index is 4.47. The van der Waals surface area contributed by atoms with Crippen molar-refractivity contribution in [1.29, 1.82) is 0 Å². The van der Waals surface area contributed by atoms with Gasteiger partial charge in [-0.2, -0.15) is 5.10 Å². The second-order valence-electron chi connectivity index (χ2n) is 4.85. The van der Waals surface area contributed by atoms with Gasteiger partial charge in [0.1, 0.15) is 5.82 Å². The molecule has 3 heterocycles. The third-order valence-corrected chi connectivity index (χ3v) is 3.50. The van der Waals surface area contributed by atoms with Crippen LogP contribution in [-0.4, -0.2) is 27.9 Å². The molecule has 1 fully saturated rings. The lowest BCUT2D eigenvalue weighted by molar-refractivity contribution is 0.664. The number of hydrogen-bond donors (Lipinski definition) is 0. The Labute approximate surface area is 107 Å². The first-order chi connectivity index (χ1) is 8.83. The molecule has 4 nitrogen and oxygen atoms in total. The van der Waals surface area contributed by atoms with E-state index >= 15 is 0 Å². The van der Waals surface area contributed by atoms with Crippen molar-refractivity contribution in [3.63, 3.8) is 0 Å². The molecule has 0 atom stereocenters. The van der Waals surface area contributed by atoms with Crippen LogP contribution in [-0.2, 0) is 6.54 Å². The van der Waals surface area contributed by atoms with Gasteiger partial charge in [-0.1, -0.05) is 0 Å². The van der Waals surface area contributed by atoms with Crippen LogP contribution in [0.1, 0.15) is 24.1 Å². The number of pyridine rings is 1. The average molecular weight is 242 g/mol. The summed E-state index contributed by atoms with van der Waals surface area (Å²) in [6.07, 6.45) is 6.31. The molecule has 0 aliphatic carbocycles. The largest absolute Gasteiger partial charge is 0.357 e. The molecule has 0 unspecified atom stereocenters. The molecule has 0 radical (unpaired) electrons. The molecular weight excluding hydrogens is 224 g/mol. The Morgan fingerprint density at radius 3 is 2.72 bits per heavy atom. The zero-order valence-corrected chi connectivity index (χ0v) is 10.7. The van der Waals surface area contributed by atoms with E-state index in [1.807, 2.05) is 23.1 Å². The topological polar surface area (TPSA) is 34.0 Å². The van der Waals surface area contributed by atoms with Crippen LogP contribution in [0.25, 0.3) is 0 Å². The second kappa shape index (κ2) is 4.80. The molecule has 18 heavy (non-hydrogen) atoms. The van der Waals surface area contributed by atoms with E-state index in [2.05, 4.69) is 34.0 Å². The zero-order valence-electron chi connectivity index (χ0n) is 10.7. The Morgan fingerprint density at radius 1 is 1.17 bits per heavy atom. The van der Waals surface area contributed by atoms with Gasteiger partial charge in [0.15, 0.2) is 0 Å². The van der Waals surface area contributed by atoms with E-state index in [1.54, 1.807) is 0 Å². The van der Waals surface area contributed by atoms with Crippen molar-refractivity contribution in [2.75, 3.05) is 18.0 Å². The molecule has 1 saturated heterocycles. The van der Waals surface area contributed by atoms with Crippen molar-refractivity contribution in [2.45, 2.75) is 26.3 Å². The second-order valence-corrected chi connectivity index (χ2v) is 4.85. The van der Waals surface area contributed by atoms with Crippen LogP contribution >= 0.6 is 0 Å². The van der Waals surface area contributed by atoms with Crippen LogP contribution in [0, 0.1) is 6.92 Å². The lowest BCUT2D eigenvalue weighted by Gasteiger charge is -2.17. The summed E-state index contributed by atoms with van der Waals surface area (Å²) < 4.78 is 2.02. The highest BCUT2D eigenvalue weighted by atomic mass is 15.3. The van der Waals surface area contributed by atoms with Gasteiger partial charge < -0.3 is 4.90 Å². The van der Waals surface area contributed by atoms with Crippen molar-refractivity contribution in [3.05, 3.63) is 41.9 Å². The lowest BCUT2D eigenvalue weighted by atomic mass is 10.2. The number of hydrogen-bond acceptors (Lipinski definition) is 3. The van der Waals surface area contributed by atoms with Crippen molar-refractivity contribution < 1.29 is 0 Å². The highest BCUT2D eigenvalue weighted by Gasteiger charge is 2.13. The number of rotatable bonds is 3. The van der Waals surface area contributed by atoms with E-state index in [4.69, 9.17) is 0 Å². The van der Waals surface area contributed by atoms with E-state index in [0.29, 0.717) is 0 Å². The summed E-state index contributed by atoms with van der Waals surface area (Å²) in [5.41, 5.74) is 2.45. The Hall–Kier alpha value is -1.84. The molecule has 4 heteroatoms. The van der Waals surface area contributed by atoms with Crippen LogP contribution in [0.4, 0.5) is 5.82 Å². The highest BCUT2D eigenvalue weighted by Crippen LogP contribution is 2.19. The van der Waals surface area contributed by atoms with Gasteiger partial charge in [0.25, 0.3) is 0 Å². The monoisotopic (exact) mass is 242 g/mol. The summed E-state index contributed by atoms with van der Waals surface area (Å²) >= 11 is 0. The Balaban J connectivity index is 1.80. The Kier molecular flexibility index (Phi) is 3.00. The summed E-state index contributed by atoms with van der Waals surface area (Å²) in [4.78, 5) is 6.83. The minimum atomic E-state index is 0.822. The molecule has 0 N–H and O–H groups in total. The Morgan fingerprint density at radius 2 is 2.00 bits per heavy atom. The number of nitrogens with zero attached hydrogens (tertiary/aromatic N) is 4. The smallest absolute Gasteiger partial charge is 0.128 e. The van der Waals surface area contributed by atoms with Crippen LogP contribution < -0.4 is 4.90 Å². The normalized spacial score (nSPS) is 15.3. The first-order valence-electron chi connectivity index (χ1n) is 6.51. The summed E-state index contributed by atoms with van der Waals surface area (Å²) in [5, 5.41) is 4.32. The fourth-order valence-electron chi connectivity index (χ4n) is 2.42. The quantitative estimate of drug-likeness (QED) is 0.827. The van der Waals surface area contributed by atoms with Crippen molar-refractivity contribution in [1.82, 2.24) is 14.8 Å². The predicted octanol–water partition coefficient (Wildman–Crippen LogP) is 2.24. The minimum absolute atomic E-state index is 0.822. The lowest BCUT2D eigenvalue weighted by Crippen LogP contribution is -2.19. The van der Waals surface area contributed by atoms with Crippen LogP contribution in [0.15, 0.2) is 30.6 Å². The predicted molar refractivity (Wildman–Crippen MR) is 71.8 cm³/mol. The minimum Gasteiger partial charge on any atom is -0.357 e. The number of anilines is 1. The number of aryl methyl sites for hydroxylation is 1. The standard InChI is InChI=1S/C14H18N4/c1-12-4-7-16-18(12)11-13-5-6-15-14(10-13)17-8-2-3-9-17/h4-7,10H,2-3,8-9,11H2,1H3. The van der Waals surface area contributed by atoms with E-state index in [0.717, 1.165) is 25.5 Å². The fourth-order valence-corrected chi connectivity index (χ4v) is 2.42. The molecular formula is C14H18N4. The van der Waals surface area contributed by atoms with Crippen molar-refractivity contribution >= 4 is 5.82 Å². The molecule has 2 aromatic heterocycles. The third kappa shape index (κ3) is 2.23. The summed E-state index contributed by atoms with van der Waals surface area (Å²) in [6.45, 7) is 5.17. The highest BCUT2D eigenvalue weighted by molar-refractivity contribution is 5.41. The molecule has 1 aliphatic heterocycles. The summed E-state index contributed by atoms with van der Waals surface area (Å²) in [5.74, 6) is 1.11. The maximum Gasteiger partial charge on any atom is 0.128 e. The molecule has 94 valence electrons. The fraction of sp³-hybridized carbons (Fsp3) is 0.429. The molecule has 0 saturated carbocycles. The molecule has 1 aliphatic rings. The molecule has 0 aromatic carbocycles. The first-order valence-corrected chi connectivity index (χ1v) is 6.51. The van der Waals surface area contributed by atoms with Gasteiger partial charge in [0.05, 0.1) is 6.54 Å². The van der Waals surface area contributed by atoms with Gasteiger partial charge in [-0.05, 0) is 43.5 Å². The van der Waals surface area contributed by atoms with Crippen LogP contribution in [0.3, 0.4) is 0 Å². The first kappa shape index (κ1) is 11.3. The van der Waals surface area contributed by atoms with Gasteiger partial charge >= 0.3 is 0 Å². The van der Waals surface area contributed by atoms with Crippen molar-refractivity contribution in [3.8, 4) is 0 Å². The van der Waals surface area contributed by atoms with Crippen LogP contribution in [0.2, 0.25) is 0 Å². The van der Waals surface area contributed by atoms with E-state index < -0.39 is 0 Å². The van der Waals surface area contributed by atoms with Crippen molar-refractivity contribution in [2.24, 2.45) is 0 Å². The maximum atomic E-state index is 4.47. The molecule has 3 rings (SSSR count). The van der Waals surface area contributed by atoms with Gasteiger partial charge in [-0.15, -0.1) is 0 Å². The molecule has 0 bridgehead atoms. The van der Waals surface area contributed by atoms with Gasteiger partial charge in [0, 0.05) is 31.2 Å². The van der Waals surface area contributed by atoms with Gasteiger partial charge in [-0.25, -0.2) is 4.98 Å². The SMILES string of the molecule is Cc1ccnn1Cc1ccnc(N2CCCC2)c1. The number of aromatic nitrogens is 3. The third-order valence-electron chi connectivity index (χ3n) is 3.50. The Bertz CT molecular complexity index is 526. The molecule has 2 aromatic rings. The van der Waals surface area contributed by atoms with Crippen LogP contribution in [0.5, 0.6) is 0 Å². The average Bonchev–Trinajstić information content (AvgIpc) is 3.02. The van der Waals surface area contributed by atoms with E-state index in [-0.39, 0.29) is 0 Å². The zero-order chi connectivity index (χ0) is 12.4. The van der Waals surface area contributed by atoms with E-state index in [1.165, 1.54) is 24.1 Å².